The van der Waals surface area contributed by atoms with E-state index in [9.17, 15) is 10.2 Å². The fourth-order valence-corrected chi connectivity index (χ4v) is 5.47. The number of unbranched alkanes of at least 4 members (excludes halogenated alkanes) is 5. The molecule has 0 heterocycles. The zero-order valence-electron chi connectivity index (χ0n) is 24.9. The second-order valence-corrected chi connectivity index (χ2v) is 11.2. The van der Waals surface area contributed by atoms with Gasteiger partial charge in [-0.1, -0.05) is 82.0 Å². The van der Waals surface area contributed by atoms with Gasteiger partial charge in [0.1, 0.15) is 17.2 Å². The predicted octanol–water partition coefficient (Wildman–Crippen LogP) is 9.35. The number of benzene rings is 4. The molecule has 0 bridgehead atoms. The summed E-state index contributed by atoms with van der Waals surface area (Å²) in [6.45, 7) is 9.04. The molecule has 4 heteroatoms. The summed E-state index contributed by atoms with van der Waals surface area (Å²) in [5, 5.41) is 21.9. The summed E-state index contributed by atoms with van der Waals surface area (Å²) in [5.74, 6) is 1.44. The van der Waals surface area contributed by atoms with Crippen LogP contribution in [0.2, 0.25) is 0 Å². The SMILES string of the molecule is CCCCN(CCCC)CCCCCCOc1ccc(Cc2c(-c3ccc(O)cc3)ccc3cc(O)ccc23)cc1. The Morgan fingerprint density at radius 2 is 1.29 bits per heavy atom. The lowest BCUT2D eigenvalue weighted by molar-refractivity contribution is 0.256. The highest BCUT2D eigenvalue weighted by atomic mass is 16.5. The number of phenolic OH excluding ortho intramolecular Hbond substituents is 2. The Hall–Kier alpha value is -3.50. The second kappa shape index (κ2) is 16.1. The smallest absolute Gasteiger partial charge is 0.119 e. The molecule has 0 spiro atoms. The molecule has 0 aliphatic rings. The molecule has 218 valence electrons. The maximum absolute atomic E-state index is 10.0. The molecule has 0 aliphatic heterocycles. The standard InChI is InChI=1S/C37H47NO3/c1-3-5-23-38(24-6-4-2)25-9-7-8-10-26-41-34-19-11-29(12-20-34)27-37-35(30-13-16-32(39)17-14-30)21-15-31-28-33(40)18-22-36(31)37/h11-22,28,39-40H,3-10,23-27H2,1-2H3. The molecule has 0 atom stereocenters. The first kappa shape index (κ1) is 30.5. The Bertz CT molecular complexity index is 1320. The average Bonchev–Trinajstić information content (AvgIpc) is 2.99. The van der Waals surface area contributed by atoms with Gasteiger partial charge < -0.3 is 19.8 Å². The lowest BCUT2D eigenvalue weighted by Gasteiger charge is -2.21. The number of hydrogen-bond acceptors (Lipinski definition) is 4. The lowest BCUT2D eigenvalue weighted by Crippen LogP contribution is -2.27. The molecule has 0 radical (unpaired) electrons. The summed E-state index contributed by atoms with van der Waals surface area (Å²) in [6, 6.07) is 25.5. The van der Waals surface area contributed by atoms with Crippen molar-refractivity contribution in [1.82, 2.24) is 4.90 Å². The van der Waals surface area contributed by atoms with Crippen molar-refractivity contribution in [2.75, 3.05) is 26.2 Å². The second-order valence-electron chi connectivity index (χ2n) is 11.2. The van der Waals surface area contributed by atoms with E-state index in [0.717, 1.165) is 47.1 Å². The number of fused-ring (bicyclic) bond motifs is 1. The maximum Gasteiger partial charge on any atom is 0.119 e. The van der Waals surface area contributed by atoms with Crippen molar-refractivity contribution >= 4 is 10.8 Å². The van der Waals surface area contributed by atoms with Gasteiger partial charge in [-0.3, -0.25) is 0 Å². The molecular formula is C37H47NO3. The van der Waals surface area contributed by atoms with Crippen molar-refractivity contribution in [3.63, 3.8) is 0 Å². The number of nitrogens with zero attached hydrogens (tertiary/aromatic N) is 1. The molecule has 0 fully saturated rings. The van der Waals surface area contributed by atoms with E-state index in [1.54, 1.807) is 18.2 Å². The van der Waals surface area contributed by atoms with Crippen LogP contribution in [0.15, 0.2) is 78.9 Å². The van der Waals surface area contributed by atoms with E-state index in [2.05, 4.69) is 49.1 Å². The van der Waals surface area contributed by atoms with Gasteiger partial charge in [0.25, 0.3) is 0 Å². The summed E-state index contributed by atoms with van der Waals surface area (Å²) >= 11 is 0. The highest BCUT2D eigenvalue weighted by Crippen LogP contribution is 2.34. The van der Waals surface area contributed by atoms with Gasteiger partial charge >= 0.3 is 0 Å². The summed E-state index contributed by atoms with van der Waals surface area (Å²) < 4.78 is 6.07. The summed E-state index contributed by atoms with van der Waals surface area (Å²) in [4.78, 5) is 2.65. The Kier molecular flexibility index (Phi) is 11.9. The van der Waals surface area contributed by atoms with E-state index in [1.807, 2.05) is 30.3 Å². The molecule has 0 aromatic heterocycles. The average molecular weight is 554 g/mol. The van der Waals surface area contributed by atoms with Crippen molar-refractivity contribution in [1.29, 1.82) is 0 Å². The van der Waals surface area contributed by atoms with Gasteiger partial charge in [0, 0.05) is 0 Å². The third-order valence-corrected chi connectivity index (χ3v) is 7.89. The van der Waals surface area contributed by atoms with Crippen LogP contribution in [-0.2, 0) is 6.42 Å². The Morgan fingerprint density at radius 3 is 2.00 bits per heavy atom. The first-order valence-corrected chi connectivity index (χ1v) is 15.6. The molecule has 2 N–H and O–H groups in total. The van der Waals surface area contributed by atoms with Crippen LogP contribution in [0.1, 0.15) is 76.3 Å². The van der Waals surface area contributed by atoms with Gasteiger partial charge in [-0.25, -0.2) is 0 Å². The number of ether oxygens (including phenoxy) is 1. The van der Waals surface area contributed by atoms with Gasteiger partial charge in [-0.2, -0.15) is 0 Å². The monoisotopic (exact) mass is 553 g/mol. The third kappa shape index (κ3) is 9.26. The molecule has 0 saturated heterocycles. The van der Waals surface area contributed by atoms with E-state index in [1.165, 1.54) is 75.7 Å². The van der Waals surface area contributed by atoms with Crippen LogP contribution in [0.4, 0.5) is 0 Å². The number of aromatic hydroxyl groups is 2. The Morgan fingerprint density at radius 1 is 0.634 bits per heavy atom. The zero-order chi connectivity index (χ0) is 28.9. The first-order valence-electron chi connectivity index (χ1n) is 15.6. The number of phenols is 2. The lowest BCUT2D eigenvalue weighted by atomic mass is 9.90. The minimum Gasteiger partial charge on any atom is -0.508 e. The zero-order valence-corrected chi connectivity index (χ0v) is 24.9. The van der Waals surface area contributed by atoms with Crippen LogP contribution in [0.3, 0.4) is 0 Å². The van der Waals surface area contributed by atoms with E-state index < -0.39 is 0 Å². The van der Waals surface area contributed by atoms with Crippen molar-refractivity contribution < 1.29 is 14.9 Å². The summed E-state index contributed by atoms with van der Waals surface area (Å²) in [7, 11) is 0. The van der Waals surface area contributed by atoms with Crippen molar-refractivity contribution in [2.24, 2.45) is 0 Å². The van der Waals surface area contributed by atoms with E-state index in [-0.39, 0.29) is 11.5 Å². The topological polar surface area (TPSA) is 52.9 Å². The Balaban J connectivity index is 1.30. The van der Waals surface area contributed by atoms with Gasteiger partial charge in [-0.15, -0.1) is 0 Å². The quantitative estimate of drug-likeness (QED) is 0.128. The van der Waals surface area contributed by atoms with Crippen LogP contribution in [0, 0.1) is 0 Å². The highest BCUT2D eigenvalue weighted by molar-refractivity contribution is 5.93. The minimum atomic E-state index is 0.257. The van der Waals surface area contributed by atoms with Crippen LogP contribution < -0.4 is 4.74 Å². The molecule has 4 nitrogen and oxygen atoms in total. The van der Waals surface area contributed by atoms with Crippen molar-refractivity contribution in [3.8, 4) is 28.4 Å². The molecule has 4 rings (SSSR count). The first-order chi connectivity index (χ1) is 20.1. The van der Waals surface area contributed by atoms with Crippen molar-refractivity contribution in [3.05, 3.63) is 90.0 Å². The molecule has 41 heavy (non-hydrogen) atoms. The van der Waals surface area contributed by atoms with Gasteiger partial charge in [-0.05, 0) is 121 Å². The molecule has 0 saturated carbocycles. The molecular weight excluding hydrogens is 506 g/mol. The van der Waals surface area contributed by atoms with Gasteiger partial charge in [0.15, 0.2) is 0 Å². The van der Waals surface area contributed by atoms with Crippen LogP contribution in [0.5, 0.6) is 17.2 Å². The summed E-state index contributed by atoms with van der Waals surface area (Å²) in [6.07, 6.45) is 10.8. The highest BCUT2D eigenvalue weighted by Gasteiger charge is 2.12. The fraction of sp³-hybridized carbons (Fsp3) is 0.405. The van der Waals surface area contributed by atoms with E-state index in [0.29, 0.717) is 0 Å². The van der Waals surface area contributed by atoms with Gasteiger partial charge in [0.05, 0.1) is 6.61 Å². The van der Waals surface area contributed by atoms with Crippen LogP contribution in [-0.4, -0.2) is 41.4 Å². The number of rotatable bonds is 17. The molecule has 4 aromatic carbocycles. The van der Waals surface area contributed by atoms with E-state index >= 15 is 0 Å². The third-order valence-electron chi connectivity index (χ3n) is 7.89. The summed E-state index contributed by atoms with van der Waals surface area (Å²) in [5.41, 5.74) is 4.59. The van der Waals surface area contributed by atoms with Gasteiger partial charge in [0.2, 0.25) is 0 Å². The Labute approximate surface area is 246 Å². The van der Waals surface area contributed by atoms with Crippen molar-refractivity contribution in [2.45, 2.75) is 71.6 Å². The molecule has 0 amide bonds. The van der Waals surface area contributed by atoms with Crippen LogP contribution >= 0.6 is 0 Å². The predicted molar refractivity (Wildman–Crippen MR) is 172 cm³/mol. The molecule has 4 aromatic rings. The maximum atomic E-state index is 10.0. The number of hydrogen-bond donors (Lipinski definition) is 2. The minimum absolute atomic E-state index is 0.257. The largest absolute Gasteiger partial charge is 0.508 e. The van der Waals surface area contributed by atoms with E-state index in [4.69, 9.17) is 4.74 Å². The molecule has 0 unspecified atom stereocenters. The molecule has 0 aliphatic carbocycles. The van der Waals surface area contributed by atoms with Crippen LogP contribution in [0.25, 0.3) is 21.9 Å². The fourth-order valence-electron chi connectivity index (χ4n) is 5.47. The normalized spacial score (nSPS) is 11.4.